The second kappa shape index (κ2) is 9.41. The maximum absolute atomic E-state index is 14.1. The molecule has 0 bridgehead atoms. The molecule has 3 aromatic carbocycles. The molecule has 38 heavy (non-hydrogen) atoms. The van der Waals surface area contributed by atoms with Crippen molar-refractivity contribution in [3.63, 3.8) is 0 Å². The summed E-state index contributed by atoms with van der Waals surface area (Å²) in [5, 5.41) is 0. The molecule has 2 amide bonds. The third-order valence-corrected chi connectivity index (χ3v) is 7.64. The van der Waals surface area contributed by atoms with Gasteiger partial charge in [-0.1, -0.05) is 60.7 Å². The van der Waals surface area contributed by atoms with Gasteiger partial charge in [-0.2, -0.15) is 0 Å². The highest BCUT2D eigenvalue weighted by atomic mass is 16.5. The fourth-order valence-electron chi connectivity index (χ4n) is 6.01. The van der Waals surface area contributed by atoms with Gasteiger partial charge in [0, 0.05) is 24.7 Å². The monoisotopic (exact) mass is 506 g/mol. The number of carbonyl (C=O) groups excluding carboxylic acids is 4. The number of esters is 1. The van der Waals surface area contributed by atoms with Crippen molar-refractivity contribution >= 4 is 35.3 Å². The van der Waals surface area contributed by atoms with E-state index in [1.807, 2.05) is 71.6 Å². The van der Waals surface area contributed by atoms with E-state index in [2.05, 4.69) is 0 Å². The first-order valence-corrected chi connectivity index (χ1v) is 12.7. The van der Waals surface area contributed by atoms with Gasteiger partial charge in [0.15, 0.2) is 5.78 Å². The van der Waals surface area contributed by atoms with Crippen LogP contribution in [-0.4, -0.2) is 47.1 Å². The highest BCUT2D eigenvalue weighted by molar-refractivity contribution is 6.14. The molecule has 0 spiro atoms. The Morgan fingerprint density at radius 2 is 1.53 bits per heavy atom. The molecule has 6 rings (SSSR count). The lowest BCUT2D eigenvalue weighted by molar-refractivity contribution is -0.140. The van der Waals surface area contributed by atoms with Crippen LogP contribution in [0.4, 0.5) is 5.69 Å². The molecule has 3 heterocycles. The Morgan fingerprint density at radius 1 is 0.842 bits per heavy atom. The number of hydrogen-bond donors (Lipinski definition) is 0. The highest BCUT2D eigenvalue weighted by Gasteiger charge is 2.63. The summed E-state index contributed by atoms with van der Waals surface area (Å²) in [6, 6.07) is 22.5. The molecule has 7 nitrogen and oxygen atoms in total. The van der Waals surface area contributed by atoms with E-state index in [1.165, 1.54) is 11.8 Å². The SMILES string of the molecule is CC(=O)Oc1ccc(C(=O)[C@@H]2[C@@H]3C(=O)N(CCc4ccccc4)C(=O)[C@@H]3[C@H]3C=Cc4ccccc4N32)cc1. The predicted molar refractivity (Wildman–Crippen MR) is 141 cm³/mol. The Hall–Kier alpha value is -4.52. The van der Waals surface area contributed by atoms with Gasteiger partial charge in [-0.3, -0.25) is 24.1 Å². The first-order valence-electron chi connectivity index (χ1n) is 12.7. The van der Waals surface area contributed by atoms with Gasteiger partial charge in [-0.15, -0.1) is 0 Å². The van der Waals surface area contributed by atoms with Crippen LogP contribution in [0.1, 0.15) is 28.4 Å². The summed E-state index contributed by atoms with van der Waals surface area (Å²) in [6.45, 7) is 1.59. The topological polar surface area (TPSA) is 84.0 Å². The summed E-state index contributed by atoms with van der Waals surface area (Å²) >= 11 is 0. The van der Waals surface area contributed by atoms with Gasteiger partial charge in [0.05, 0.1) is 17.9 Å². The maximum atomic E-state index is 14.1. The number of nitrogens with zero attached hydrogens (tertiary/aromatic N) is 2. The number of fused-ring (bicyclic) bond motifs is 5. The Morgan fingerprint density at radius 3 is 2.26 bits per heavy atom. The average Bonchev–Trinajstić information content (AvgIpc) is 3.40. The van der Waals surface area contributed by atoms with Gasteiger partial charge in [0.25, 0.3) is 0 Å². The molecule has 0 radical (unpaired) electrons. The number of carbonyl (C=O) groups is 4. The largest absolute Gasteiger partial charge is 0.427 e. The molecule has 2 saturated heterocycles. The van der Waals surface area contributed by atoms with Crippen LogP contribution in [0.5, 0.6) is 5.75 Å². The van der Waals surface area contributed by atoms with Crippen molar-refractivity contribution in [1.29, 1.82) is 0 Å². The standard InChI is InChI=1S/C31H26N2O5/c1-19(34)38-23-14-11-22(12-15-23)29(35)28-27-26(25-16-13-21-9-5-6-10-24(21)33(25)28)30(36)32(31(27)37)18-17-20-7-3-2-4-8-20/h2-16,25-28H,17-18H2,1H3/t25-,26-,27-,28+/m1/s1. The molecule has 3 aromatic rings. The molecule has 2 fully saturated rings. The van der Waals surface area contributed by atoms with E-state index in [0.29, 0.717) is 17.7 Å². The number of amides is 2. The number of para-hydroxylation sites is 1. The lowest BCUT2D eigenvalue weighted by Crippen LogP contribution is -2.49. The summed E-state index contributed by atoms with van der Waals surface area (Å²) in [7, 11) is 0. The van der Waals surface area contributed by atoms with Gasteiger partial charge >= 0.3 is 5.97 Å². The van der Waals surface area contributed by atoms with E-state index in [9.17, 15) is 19.2 Å². The van der Waals surface area contributed by atoms with E-state index in [-0.39, 0.29) is 24.1 Å². The Bertz CT molecular complexity index is 1460. The zero-order valence-electron chi connectivity index (χ0n) is 20.8. The lowest BCUT2D eigenvalue weighted by atomic mass is 9.86. The molecule has 190 valence electrons. The third-order valence-electron chi connectivity index (χ3n) is 7.64. The number of rotatable bonds is 6. The number of likely N-dealkylation sites (tertiary alicyclic amines) is 1. The van der Waals surface area contributed by atoms with Crippen molar-refractivity contribution in [1.82, 2.24) is 4.90 Å². The second-order valence-electron chi connectivity index (χ2n) is 9.86. The number of hydrogen-bond acceptors (Lipinski definition) is 6. The van der Waals surface area contributed by atoms with Crippen molar-refractivity contribution in [2.24, 2.45) is 11.8 Å². The van der Waals surface area contributed by atoms with Gasteiger partial charge in [0.2, 0.25) is 11.8 Å². The van der Waals surface area contributed by atoms with Gasteiger partial charge < -0.3 is 9.64 Å². The van der Waals surface area contributed by atoms with E-state index in [0.717, 1.165) is 16.8 Å². The van der Waals surface area contributed by atoms with Crippen molar-refractivity contribution in [2.75, 3.05) is 11.4 Å². The van der Waals surface area contributed by atoms with Crippen molar-refractivity contribution in [3.8, 4) is 5.75 Å². The summed E-state index contributed by atoms with van der Waals surface area (Å²) in [6.07, 6.45) is 4.47. The van der Waals surface area contributed by atoms with Crippen molar-refractivity contribution in [2.45, 2.75) is 25.4 Å². The maximum Gasteiger partial charge on any atom is 0.308 e. The molecule has 0 saturated carbocycles. The number of ketones is 1. The smallest absolute Gasteiger partial charge is 0.308 e. The molecular weight excluding hydrogens is 480 g/mol. The Balaban J connectivity index is 1.36. The van der Waals surface area contributed by atoms with Crippen LogP contribution >= 0.6 is 0 Å². The van der Waals surface area contributed by atoms with E-state index >= 15 is 0 Å². The summed E-state index contributed by atoms with van der Waals surface area (Å²) in [5.41, 5.74) is 3.20. The van der Waals surface area contributed by atoms with Gasteiger partial charge in [0.1, 0.15) is 11.8 Å². The zero-order valence-corrected chi connectivity index (χ0v) is 20.8. The van der Waals surface area contributed by atoms with Crippen LogP contribution < -0.4 is 9.64 Å². The summed E-state index contributed by atoms with van der Waals surface area (Å²) < 4.78 is 5.11. The third kappa shape index (κ3) is 3.91. The number of Topliss-reactive ketones (excluding diaryl/α,β-unsaturated/α-hetero) is 1. The second-order valence-corrected chi connectivity index (χ2v) is 9.86. The number of ether oxygens (including phenoxy) is 1. The molecule has 3 aliphatic heterocycles. The molecule has 3 aliphatic rings. The fraction of sp³-hybridized carbons (Fsp3) is 0.226. The highest BCUT2D eigenvalue weighted by Crippen LogP contribution is 2.49. The van der Waals surface area contributed by atoms with Gasteiger partial charge in [-0.05, 0) is 47.9 Å². The fourth-order valence-corrected chi connectivity index (χ4v) is 6.01. The lowest BCUT2D eigenvalue weighted by Gasteiger charge is -2.36. The van der Waals surface area contributed by atoms with Crippen LogP contribution in [0, 0.1) is 11.8 Å². The van der Waals surface area contributed by atoms with E-state index in [4.69, 9.17) is 4.74 Å². The quantitative estimate of drug-likeness (QED) is 0.218. The Labute approximate surface area is 220 Å². The Kier molecular flexibility index (Phi) is 5.91. The molecule has 0 unspecified atom stereocenters. The van der Waals surface area contributed by atoms with Crippen molar-refractivity contribution in [3.05, 3.63) is 102 Å². The number of anilines is 1. The predicted octanol–water partition coefficient (Wildman–Crippen LogP) is 3.92. The van der Waals surface area contributed by atoms with Crippen LogP contribution in [-0.2, 0) is 20.8 Å². The van der Waals surface area contributed by atoms with Crippen LogP contribution in [0.25, 0.3) is 6.08 Å². The average molecular weight is 507 g/mol. The minimum atomic E-state index is -0.839. The molecule has 0 aromatic heterocycles. The first-order chi connectivity index (χ1) is 18.4. The van der Waals surface area contributed by atoms with Crippen LogP contribution in [0.15, 0.2) is 84.9 Å². The molecule has 0 aliphatic carbocycles. The normalized spacial score (nSPS) is 23.2. The minimum Gasteiger partial charge on any atom is -0.427 e. The van der Waals surface area contributed by atoms with E-state index < -0.39 is 29.9 Å². The minimum absolute atomic E-state index is 0.226. The zero-order chi connectivity index (χ0) is 26.4. The first kappa shape index (κ1) is 23.9. The molecule has 7 heteroatoms. The number of imide groups is 1. The van der Waals surface area contributed by atoms with Crippen molar-refractivity contribution < 1.29 is 23.9 Å². The molecule has 4 atom stereocenters. The molecule has 0 N–H and O–H groups in total. The molecular formula is C31H26N2O5. The van der Waals surface area contributed by atoms with Crippen LogP contribution in [0.3, 0.4) is 0 Å². The van der Waals surface area contributed by atoms with E-state index in [1.54, 1.807) is 24.3 Å². The van der Waals surface area contributed by atoms with Crippen LogP contribution in [0.2, 0.25) is 0 Å². The summed E-state index contributed by atoms with van der Waals surface area (Å²) in [5.74, 6) is -2.32. The van der Waals surface area contributed by atoms with Gasteiger partial charge in [-0.25, -0.2) is 0 Å². The number of benzene rings is 3. The summed E-state index contributed by atoms with van der Waals surface area (Å²) in [4.78, 5) is 56.2.